The van der Waals surface area contributed by atoms with Gasteiger partial charge in [-0.3, -0.25) is 4.90 Å². The van der Waals surface area contributed by atoms with E-state index in [9.17, 15) is 26.3 Å². The van der Waals surface area contributed by atoms with Crippen LogP contribution in [0.4, 0.5) is 26.3 Å². The molecule has 0 amide bonds. The molecule has 1 aliphatic carbocycles. The fourth-order valence-corrected chi connectivity index (χ4v) is 3.55. The Morgan fingerprint density at radius 2 is 1.27 bits per heavy atom. The second-order valence-corrected chi connectivity index (χ2v) is 4.47. The summed E-state index contributed by atoms with van der Waals surface area (Å²) in [7, 11) is 0. The Hall–Kier alpha value is -0.460. The lowest BCUT2D eigenvalue weighted by atomic mass is 9.85. The van der Waals surface area contributed by atoms with Crippen LogP contribution in [0.15, 0.2) is 0 Å². The number of halogens is 6. The van der Waals surface area contributed by atoms with Gasteiger partial charge in [0.05, 0.1) is 0 Å². The Bertz CT molecular complexity index is 288. The predicted octanol–water partition coefficient (Wildman–Crippen LogP) is 2.33. The maximum Gasteiger partial charge on any atom is 0.416 e. The molecule has 2 atom stereocenters. The minimum absolute atomic E-state index is 0.0453. The zero-order valence-electron chi connectivity index (χ0n) is 7.36. The Balaban J connectivity index is 2.12. The SMILES string of the molecule is FC(F)(F)C1(C(F)(F)F)C2CC3C(C2)N31. The van der Waals surface area contributed by atoms with Crippen LogP contribution in [0, 0.1) is 5.92 Å². The minimum Gasteiger partial charge on any atom is -0.273 e. The van der Waals surface area contributed by atoms with E-state index in [4.69, 9.17) is 0 Å². The van der Waals surface area contributed by atoms with E-state index in [1.807, 2.05) is 0 Å². The van der Waals surface area contributed by atoms with Gasteiger partial charge in [0.15, 0.2) is 0 Å². The zero-order chi connectivity index (χ0) is 11.2. The molecule has 3 saturated heterocycles. The standard InChI is InChI=1S/C8H7F6N/c9-7(10,11)6(8(12,13)14)3-1-4-5(2-3)15(4)6/h3-5H,1-2H2. The highest BCUT2D eigenvalue weighted by molar-refractivity contribution is 5.32. The van der Waals surface area contributed by atoms with E-state index >= 15 is 0 Å². The van der Waals surface area contributed by atoms with Crippen LogP contribution >= 0.6 is 0 Å². The first-order valence-electron chi connectivity index (χ1n) is 4.63. The lowest BCUT2D eigenvalue weighted by molar-refractivity contribution is -0.328. The van der Waals surface area contributed by atoms with Crippen molar-refractivity contribution in [3.8, 4) is 0 Å². The summed E-state index contributed by atoms with van der Waals surface area (Å²) in [5, 5.41) is 0. The maximum atomic E-state index is 12.7. The molecule has 0 aromatic heterocycles. The molecule has 4 bridgehead atoms. The predicted molar refractivity (Wildman–Crippen MR) is 37.0 cm³/mol. The van der Waals surface area contributed by atoms with Gasteiger partial charge in [0.2, 0.25) is 5.54 Å². The van der Waals surface area contributed by atoms with E-state index in [-0.39, 0.29) is 12.8 Å². The third-order valence-corrected chi connectivity index (χ3v) is 3.98. The first-order valence-corrected chi connectivity index (χ1v) is 4.63. The largest absolute Gasteiger partial charge is 0.416 e. The molecule has 0 aromatic rings. The van der Waals surface area contributed by atoms with E-state index < -0.39 is 35.9 Å². The number of piperidine rings is 3. The number of hydrogen-bond donors (Lipinski definition) is 0. The molecular formula is C8H7F6N. The Kier molecular flexibility index (Phi) is 1.39. The van der Waals surface area contributed by atoms with Gasteiger partial charge in [-0.25, -0.2) is 0 Å². The lowest BCUT2D eigenvalue weighted by Gasteiger charge is -2.37. The van der Waals surface area contributed by atoms with Crippen molar-refractivity contribution in [2.45, 2.75) is 42.8 Å². The van der Waals surface area contributed by atoms with E-state index in [2.05, 4.69) is 0 Å². The molecule has 4 fully saturated rings. The van der Waals surface area contributed by atoms with Gasteiger partial charge < -0.3 is 0 Å². The van der Waals surface area contributed by atoms with Crippen LogP contribution < -0.4 is 0 Å². The summed E-state index contributed by atoms with van der Waals surface area (Å²) in [5.41, 5.74) is -3.53. The molecule has 2 unspecified atom stereocenters. The smallest absolute Gasteiger partial charge is 0.273 e. The first kappa shape index (κ1) is 9.74. The van der Waals surface area contributed by atoms with Gasteiger partial charge in [0.1, 0.15) is 0 Å². The summed E-state index contributed by atoms with van der Waals surface area (Å²) in [4.78, 5) is 0.623. The molecule has 7 heteroatoms. The molecular weight excluding hydrogens is 224 g/mol. The van der Waals surface area contributed by atoms with Crippen molar-refractivity contribution in [1.29, 1.82) is 0 Å². The third kappa shape index (κ3) is 0.798. The fraction of sp³-hybridized carbons (Fsp3) is 1.00. The van der Waals surface area contributed by atoms with E-state index in [0.717, 1.165) is 0 Å². The van der Waals surface area contributed by atoms with Crippen molar-refractivity contribution in [2.24, 2.45) is 5.92 Å². The first-order chi connectivity index (χ1) is 6.71. The molecule has 86 valence electrons. The van der Waals surface area contributed by atoms with Crippen LogP contribution in [0.5, 0.6) is 0 Å². The van der Waals surface area contributed by atoms with Gasteiger partial charge >= 0.3 is 12.4 Å². The second kappa shape index (κ2) is 2.14. The van der Waals surface area contributed by atoms with Gasteiger partial charge in [-0.05, 0) is 18.8 Å². The van der Waals surface area contributed by atoms with Crippen LogP contribution in [0.2, 0.25) is 0 Å². The zero-order valence-corrected chi connectivity index (χ0v) is 7.36. The van der Waals surface area contributed by atoms with Crippen molar-refractivity contribution >= 4 is 0 Å². The highest BCUT2D eigenvalue weighted by atomic mass is 19.4. The fourth-order valence-electron chi connectivity index (χ4n) is 3.55. The maximum absolute atomic E-state index is 12.7. The van der Waals surface area contributed by atoms with Gasteiger partial charge in [0, 0.05) is 12.1 Å². The lowest BCUT2D eigenvalue weighted by Crippen LogP contribution is -2.62. The van der Waals surface area contributed by atoms with E-state index in [1.165, 1.54) is 0 Å². The highest BCUT2D eigenvalue weighted by Crippen LogP contribution is 2.71. The van der Waals surface area contributed by atoms with E-state index in [0.29, 0.717) is 4.90 Å². The van der Waals surface area contributed by atoms with Crippen molar-refractivity contribution in [3.63, 3.8) is 0 Å². The molecule has 4 rings (SSSR count). The second-order valence-electron chi connectivity index (χ2n) is 4.47. The topological polar surface area (TPSA) is 3.01 Å². The van der Waals surface area contributed by atoms with Crippen LogP contribution in [-0.2, 0) is 0 Å². The minimum atomic E-state index is -5.21. The van der Waals surface area contributed by atoms with Gasteiger partial charge in [-0.2, -0.15) is 26.3 Å². The third-order valence-electron chi connectivity index (χ3n) is 3.98. The van der Waals surface area contributed by atoms with Crippen LogP contribution in [0.1, 0.15) is 12.8 Å². The average molecular weight is 231 g/mol. The molecule has 3 aliphatic heterocycles. The van der Waals surface area contributed by atoms with Crippen molar-refractivity contribution < 1.29 is 26.3 Å². The molecule has 3 heterocycles. The summed E-state index contributed by atoms with van der Waals surface area (Å²) in [6.07, 6.45) is -10.3. The van der Waals surface area contributed by atoms with Crippen LogP contribution in [0.25, 0.3) is 0 Å². The van der Waals surface area contributed by atoms with Gasteiger partial charge in [0.25, 0.3) is 0 Å². The molecule has 4 aliphatic rings. The number of hydrogen-bond acceptors (Lipinski definition) is 1. The number of alkyl halides is 6. The molecule has 0 spiro atoms. The van der Waals surface area contributed by atoms with Crippen LogP contribution in [0.3, 0.4) is 0 Å². The molecule has 1 saturated carbocycles. The normalized spacial score (nSPS) is 46.0. The Labute approximate surface area is 81.0 Å². The summed E-state index contributed by atoms with van der Waals surface area (Å²) in [5.74, 6) is -1.28. The molecule has 0 aromatic carbocycles. The molecule has 15 heavy (non-hydrogen) atoms. The highest BCUT2D eigenvalue weighted by Gasteiger charge is 2.90. The van der Waals surface area contributed by atoms with Crippen LogP contribution in [-0.4, -0.2) is 34.9 Å². The summed E-state index contributed by atoms with van der Waals surface area (Å²) >= 11 is 0. The quantitative estimate of drug-likeness (QED) is 0.456. The Morgan fingerprint density at radius 3 is 1.40 bits per heavy atom. The number of nitrogens with zero attached hydrogens (tertiary/aromatic N) is 1. The monoisotopic (exact) mass is 231 g/mol. The summed E-state index contributed by atoms with van der Waals surface area (Å²) in [6.45, 7) is 0. The average Bonchev–Trinajstić information content (AvgIpc) is 2.48. The molecule has 0 N–H and O–H groups in total. The van der Waals surface area contributed by atoms with Gasteiger partial charge in [-0.15, -0.1) is 0 Å². The van der Waals surface area contributed by atoms with Crippen molar-refractivity contribution in [3.05, 3.63) is 0 Å². The summed E-state index contributed by atoms with van der Waals surface area (Å²) in [6, 6.07) is -0.948. The molecule has 0 radical (unpaired) electrons. The molecule has 1 nitrogen and oxygen atoms in total. The number of rotatable bonds is 0. The Morgan fingerprint density at radius 1 is 0.867 bits per heavy atom. The van der Waals surface area contributed by atoms with Crippen molar-refractivity contribution in [2.75, 3.05) is 0 Å². The van der Waals surface area contributed by atoms with Gasteiger partial charge in [-0.1, -0.05) is 0 Å². The summed E-state index contributed by atoms with van der Waals surface area (Å²) < 4.78 is 76.2. The van der Waals surface area contributed by atoms with Crippen molar-refractivity contribution in [1.82, 2.24) is 4.90 Å². The van der Waals surface area contributed by atoms with E-state index in [1.54, 1.807) is 0 Å².